The van der Waals surface area contributed by atoms with Crippen LogP contribution in [0, 0.1) is 5.92 Å². The van der Waals surface area contributed by atoms with Crippen molar-refractivity contribution < 1.29 is 13.9 Å². The number of anilines is 1. The zero-order chi connectivity index (χ0) is 18.9. The van der Waals surface area contributed by atoms with Crippen molar-refractivity contribution in [1.29, 1.82) is 0 Å². The number of hydrogen-bond donors (Lipinski definition) is 1. The molecule has 2 aromatic rings. The minimum atomic E-state index is -1.69. The largest absolute Gasteiger partial charge is 0.351 e. The third-order valence-corrected chi connectivity index (χ3v) is 5.00. The maximum atomic E-state index is 15.1. The molecule has 0 bridgehead atoms. The average molecular weight is 359 g/mol. The minimum Gasteiger partial charge on any atom is -0.351 e. The van der Waals surface area contributed by atoms with Crippen molar-refractivity contribution in [3.05, 3.63) is 58.6 Å². The third-order valence-electron chi connectivity index (χ3n) is 5.00. The summed E-state index contributed by atoms with van der Waals surface area (Å²) in [6.45, 7) is 5.14. The highest BCUT2D eigenvalue weighted by atomic mass is 19.1. The molecule has 3 rings (SSSR count). The number of ether oxygens (including phenoxy) is 1. The normalized spacial score (nSPS) is 28.1. The Morgan fingerprint density at radius 3 is 2.62 bits per heavy atom. The second kappa shape index (κ2) is 6.99. The van der Waals surface area contributed by atoms with Gasteiger partial charge in [-0.25, -0.2) is 9.18 Å². The van der Waals surface area contributed by atoms with Gasteiger partial charge in [-0.05, 0) is 31.5 Å². The standard InChI is InChI=1S/C19H22FN3O3/c1-4-14-12(2)19(3,20)17(26-14)23-11-10-15(22-18(23)25)21-16(24)13-8-6-5-7-9-13/h5-12,14,17H,4H2,1-3H3,(H,21,22,24,25)/t12?,14-,17-,19+/m1/s1. The van der Waals surface area contributed by atoms with E-state index in [0.717, 1.165) is 4.57 Å². The second-order valence-electron chi connectivity index (χ2n) is 6.70. The van der Waals surface area contributed by atoms with Crippen molar-refractivity contribution in [2.24, 2.45) is 5.92 Å². The van der Waals surface area contributed by atoms with Gasteiger partial charge in [-0.15, -0.1) is 0 Å². The molecule has 2 heterocycles. The Balaban J connectivity index is 1.82. The lowest BCUT2D eigenvalue weighted by Crippen LogP contribution is -2.38. The molecule has 1 aromatic carbocycles. The molecule has 0 saturated carbocycles. The van der Waals surface area contributed by atoms with E-state index in [-0.39, 0.29) is 23.7 Å². The van der Waals surface area contributed by atoms with Gasteiger partial charge in [-0.2, -0.15) is 4.98 Å². The Morgan fingerprint density at radius 2 is 2.04 bits per heavy atom. The first-order valence-electron chi connectivity index (χ1n) is 8.64. The van der Waals surface area contributed by atoms with Crippen molar-refractivity contribution >= 4 is 11.7 Å². The van der Waals surface area contributed by atoms with Crippen LogP contribution in [0.5, 0.6) is 0 Å². The van der Waals surface area contributed by atoms with Gasteiger partial charge in [0.25, 0.3) is 5.91 Å². The summed E-state index contributed by atoms with van der Waals surface area (Å²) in [4.78, 5) is 28.4. The van der Waals surface area contributed by atoms with E-state index in [1.807, 2.05) is 6.92 Å². The van der Waals surface area contributed by atoms with Gasteiger partial charge in [0, 0.05) is 17.7 Å². The van der Waals surface area contributed by atoms with E-state index in [9.17, 15) is 9.59 Å². The molecule has 0 spiro atoms. The Bertz CT molecular complexity index is 851. The molecule has 1 aliphatic heterocycles. The van der Waals surface area contributed by atoms with Gasteiger partial charge in [0.2, 0.25) is 0 Å². The van der Waals surface area contributed by atoms with Gasteiger partial charge in [0.1, 0.15) is 5.82 Å². The van der Waals surface area contributed by atoms with Crippen LogP contribution in [-0.2, 0) is 4.74 Å². The van der Waals surface area contributed by atoms with Crippen molar-refractivity contribution in [3.8, 4) is 0 Å². The molecule has 1 aromatic heterocycles. The second-order valence-corrected chi connectivity index (χ2v) is 6.70. The maximum absolute atomic E-state index is 15.1. The summed E-state index contributed by atoms with van der Waals surface area (Å²) in [5, 5.41) is 2.57. The van der Waals surface area contributed by atoms with E-state index < -0.39 is 17.6 Å². The van der Waals surface area contributed by atoms with Crippen LogP contribution in [0.15, 0.2) is 47.4 Å². The molecule has 0 aliphatic carbocycles. The lowest BCUT2D eigenvalue weighted by atomic mass is 9.88. The highest BCUT2D eigenvalue weighted by Crippen LogP contribution is 2.45. The van der Waals surface area contributed by atoms with Gasteiger partial charge < -0.3 is 10.1 Å². The molecule has 4 atom stereocenters. The number of carbonyl (C=O) groups is 1. The van der Waals surface area contributed by atoms with Gasteiger partial charge in [-0.3, -0.25) is 9.36 Å². The first-order valence-corrected chi connectivity index (χ1v) is 8.64. The Morgan fingerprint density at radius 1 is 1.35 bits per heavy atom. The van der Waals surface area contributed by atoms with Crippen LogP contribution >= 0.6 is 0 Å². The zero-order valence-electron chi connectivity index (χ0n) is 15.0. The molecule has 6 nitrogen and oxygen atoms in total. The number of rotatable bonds is 4. The lowest BCUT2D eigenvalue weighted by molar-refractivity contribution is -0.0500. The Labute approximate surface area is 151 Å². The zero-order valence-corrected chi connectivity index (χ0v) is 15.0. The van der Waals surface area contributed by atoms with Crippen LogP contribution in [0.4, 0.5) is 10.2 Å². The lowest BCUT2D eigenvalue weighted by Gasteiger charge is -2.25. The maximum Gasteiger partial charge on any atom is 0.351 e. The van der Waals surface area contributed by atoms with Gasteiger partial charge >= 0.3 is 5.69 Å². The van der Waals surface area contributed by atoms with E-state index in [1.54, 1.807) is 37.3 Å². The number of halogens is 1. The highest BCUT2D eigenvalue weighted by molar-refractivity contribution is 6.03. The van der Waals surface area contributed by atoms with E-state index in [0.29, 0.717) is 12.0 Å². The first kappa shape index (κ1) is 18.3. The third kappa shape index (κ3) is 3.26. The minimum absolute atomic E-state index is 0.110. The number of carbonyl (C=O) groups excluding carboxylic acids is 1. The van der Waals surface area contributed by atoms with Crippen LogP contribution in [0.25, 0.3) is 0 Å². The summed E-state index contributed by atoms with van der Waals surface area (Å²) < 4.78 is 22.0. The molecule has 7 heteroatoms. The molecule has 0 radical (unpaired) electrons. The van der Waals surface area contributed by atoms with Crippen molar-refractivity contribution in [2.45, 2.75) is 45.2 Å². The number of benzene rings is 1. The van der Waals surface area contributed by atoms with Crippen LogP contribution in [0.1, 0.15) is 43.8 Å². The van der Waals surface area contributed by atoms with Crippen molar-refractivity contribution in [3.63, 3.8) is 0 Å². The highest BCUT2D eigenvalue weighted by Gasteiger charge is 2.52. The number of nitrogens with zero attached hydrogens (tertiary/aromatic N) is 2. The summed E-state index contributed by atoms with van der Waals surface area (Å²) in [5.41, 5.74) is -1.91. The van der Waals surface area contributed by atoms with Crippen LogP contribution in [0.2, 0.25) is 0 Å². The number of alkyl halides is 1. The van der Waals surface area contributed by atoms with Gasteiger partial charge in [0.15, 0.2) is 11.9 Å². The predicted molar refractivity (Wildman–Crippen MR) is 95.8 cm³/mol. The number of aromatic nitrogens is 2. The molecule has 26 heavy (non-hydrogen) atoms. The van der Waals surface area contributed by atoms with E-state index in [2.05, 4.69) is 10.3 Å². The molecule has 1 unspecified atom stereocenters. The summed E-state index contributed by atoms with van der Waals surface area (Å²) in [5.74, 6) is -0.608. The molecule has 1 amide bonds. The summed E-state index contributed by atoms with van der Waals surface area (Å²) >= 11 is 0. The van der Waals surface area contributed by atoms with Crippen molar-refractivity contribution in [1.82, 2.24) is 9.55 Å². The van der Waals surface area contributed by atoms with Crippen LogP contribution in [-0.4, -0.2) is 27.2 Å². The smallest absolute Gasteiger partial charge is 0.351 e. The fraction of sp³-hybridized carbons (Fsp3) is 0.421. The number of amides is 1. The molecular formula is C19H22FN3O3. The topological polar surface area (TPSA) is 73.2 Å². The number of nitrogens with one attached hydrogen (secondary N) is 1. The molecule has 138 valence electrons. The SMILES string of the molecule is CC[C@H]1O[C@@H](n2ccc(NC(=O)c3ccccc3)nc2=O)[C@@](C)(F)C1C. The monoisotopic (exact) mass is 359 g/mol. The Hall–Kier alpha value is -2.54. The van der Waals surface area contributed by atoms with Gasteiger partial charge in [-0.1, -0.05) is 32.0 Å². The molecule has 1 aliphatic rings. The average Bonchev–Trinajstić information content (AvgIpc) is 2.85. The molecular weight excluding hydrogens is 337 g/mol. The fourth-order valence-corrected chi connectivity index (χ4v) is 3.23. The number of hydrogen-bond acceptors (Lipinski definition) is 4. The summed E-state index contributed by atoms with van der Waals surface area (Å²) in [7, 11) is 0. The summed E-state index contributed by atoms with van der Waals surface area (Å²) in [6.07, 6.45) is 0.758. The van der Waals surface area contributed by atoms with Gasteiger partial charge in [0.05, 0.1) is 6.10 Å². The molecule has 1 fully saturated rings. The molecule has 1 N–H and O–H groups in total. The van der Waals surface area contributed by atoms with E-state index >= 15 is 4.39 Å². The quantitative estimate of drug-likeness (QED) is 0.910. The fourth-order valence-electron chi connectivity index (χ4n) is 3.23. The van der Waals surface area contributed by atoms with E-state index in [1.165, 1.54) is 19.2 Å². The first-order chi connectivity index (χ1) is 12.3. The van der Waals surface area contributed by atoms with Crippen LogP contribution < -0.4 is 11.0 Å². The summed E-state index contributed by atoms with van der Waals surface area (Å²) in [6, 6.07) is 10.1. The Kier molecular flexibility index (Phi) is 4.91. The van der Waals surface area contributed by atoms with Crippen molar-refractivity contribution in [2.75, 3.05) is 5.32 Å². The predicted octanol–water partition coefficient (Wildman–Crippen LogP) is 3.17. The molecule has 1 saturated heterocycles. The van der Waals surface area contributed by atoms with E-state index in [4.69, 9.17) is 4.74 Å². The van der Waals surface area contributed by atoms with Crippen LogP contribution in [0.3, 0.4) is 0 Å².